The molecule has 2 aromatic rings. The summed E-state index contributed by atoms with van der Waals surface area (Å²) in [5.41, 5.74) is 1.27. The van der Waals surface area contributed by atoms with Crippen molar-refractivity contribution in [2.24, 2.45) is 5.92 Å². The minimum Gasteiger partial charge on any atom is -0.508 e. The van der Waals surface area contributed by atoms with Crippen LogP contribution in [0.5, 0.6) is 5.75 Å². The number of benzene rings is 2. The quantitative estimate of drug-likeness (QED) is 0.339. The summed E-state index contributed by atoms with van der Waals surface area (Å²) in [6, 6.07) is 13.1. The molecule has 2 aromatic carbocycles. The van der Waals surface area contributed by atoms with Crippen molar-refractivity contribution in [3.05, 3.63) is 65.7 Å². The van der Waals surface area contributed by atoms with Gasteiger partial charge in [-0.05, 0) is 49.3 Å². The van der Waals surface area contributed by atoms with E-state index in [4.69, 9.17) is 0 Å². The van der Waals surface area contributed by atoms with Gasteiger partial charge in [-0.15, -0.1) is 0 Å². The van der Waals surface area contributed by atoms with Gasteiger partial charge in [-0.2, -0.15) is 0 Å². The molecule has 1 heterocycles. The van der Waals surface area contributed by atoms with Gasteiger partial charge in [0.25, 0.3) is 0 Å². The van der Waals surface area contributed by atoms with E-state index in [1.54, 1.807) is 48.5 Å². The molecule has 196 valence electrons. The maximum Gasteiger partial charge on any atom is 0.243 e. The van der Waals surface area contributed by atoms with Crippen molar-refractivity contribution < 1.29 is 24.3 Å². The smallest absolute Gasteiger partial charge is 0.243 e. The Hall–Kier alpha value is -3.68. The highest BCUT2D eigenvalue weighted by molar-refractivity contribution is 6.03. The normalized spacial score (nSPS) is 19.6. The molecule has 0 bridgehead atoms. The Kier molecular flexibility index (Phi) is 8.93. The van der Waals surface area contributed by atoms with Gasteiger partial charge in [-0.25, -0.2) is 0 Å². The molecule has 37 heavy (non-hydrogen) atoms. The Morgan fingerprint density at radius 2 is 1.62 bits per heavy atom. The maximum absolute atomic E-state index is 13.7. The first-order valence-corrected chi connectivity index (χ1v) is 13.1. The minimum atomic E-state index is -0.847. The van der Waals surface area contributed by atoms with Gasteiger partial charge in [-0.1, -0.05) is 61.7 Å². The fourth-order valence-corrected chi connectivity index (χ4v) is 5.45. The molecule has 2 fully saturated rings. The second-order valence-electron chi connectivity index (χ2n) is 10.0. The molecular formula is C29H35N3O5. The van der Waals surface area contributed by atoms with Gasteiger partial charge < -0.3 is 20.6 Å². The molecule has 3 N–H and O–H groups in total. The van der Waals surface area contributed by atoms with E-state index in [9.17, 15) is 24.3 Å². The van der Waals surface area contributed by atoms with E-state index in [-0.39, 0.29) is 35.7 Å². The van der Waals surface area contributed by atoms with Crippen molar-refractivity contribution in [1.29, 1.82) is 0 Å². The number of ketones is 1. The topological polar surface area (TPSA) is 116 Å². The average molecular weight is 506 g/mol. The van der Waals surface area contributed by atoms with Gasteiger partial charge in [0.05, 0.1) is 6.04 Å². The Morgan fingerprint density at radius 3 is 2.30 bits per heavy atom. The first-order chi connectivity index (χ1) is 18.0. The number of nitrogens with one attached hydrogen (secondary N) is 2. The fourth-order valence-electron chi connectivity index (χ4n) is 5.45. The molecule has 8 nitrogen and oxygen atoms in total. The zero-order valence-electron chi connectivity index (χ0n) is 21.0. The van der Waals surface area contributed by atoms with Crippen molar-refractivity contribution in [1.82, 2.24) is 15.5 Å². The van der Waals surface area contributed by atoms with E-state index in [2.05, 4.69) is 10.6 Å². The van der Waals surface area contributed by atoms with Crippen molar-refractivity contribution in [2.45, 2.75) is 69.5 Å². The molecule has 3 unspecified atom stereocenters. The van der Waals surface area contributed by atoms with Gasteiger partial charge in [0.2, 0.25) is 18.2 Å². The number of carbonyl (C=O) groups excluding carboxylic acids is 4. The highest BCUT2D eigenvalue weighted by atomic mass is 16.3. The predicted molar refractivity (Wildman–Crippen MR) is 139 cm³/mol. The molecule has 0 aromatic heterocycles. The molecule has 4 rings (SSSR count). The van der Waals surface area contributed by atoms with Crippen LogP contribution in [0.1, 0.15) is 60.9 Å². The number of Topliss-reactive ketones (excluding diaryl/α,β-unsaturated/α-hetero) is 1. The van der Waals surface area contributed by atoms with Crippen LogP contribution in [0.4, 0.5) is 0 Å². The van der Waals surface area contributed by atoms with Crippen LogP contribution < -0.4 is 10.6 Å². The van der Waals surface area contributed by atoms with Crippen molar-refractivity contribution in [3.8, 4) is 5.75 Å². The Morgan fingerprint density at radius 1 is 0.919 bits per heavy atom. The Bertz CT molecular complexity index is 1080. The van der Waals surface area contributed by atoms with E-state index in [1.807, 2.05) is 6.07 Å². The lowest BCUT2D eigenvalue weighted by Crippen LogP contribution is -2.57. The van der Waals surface area contributed by atoms with Crippen molar-refractivity contribution >= 4 is 24.0 Å². The van der Waals surface area contributed by atoms with Gasteiger partial charge in [0, 0.05) is 18.5 Å². The molecule has 0 spiro atoms. The van der Waals surface area contributed by atoms with Crippen LogP contribution in [0.15, 0.2) is 54.6 Å². The van der Waals surface area contributed by atoms with E-state index in [0.717, 1.165) is 44.1 Å². The molecular weight excluding hydrogens is 470 g/mol. The number of carbonyl (C=O) groups is 4. The van der Waals surface area contributed by atoms with Gasteiger partial charge in [0.1, 0.15) is 17.8 Å². The Labute approximate surface area is 217 Å². The van der Waals surface area contributed by atoms with Crippen LogP contribution in [-0.4, -0.2) is 58.7 Å². The molecule has 3 atom stereocenters. The van der Waals surface area contributed by atoms with Crippen LogP contribution >= 0.6 is 0 Å². The molecule has 8 heteroatoms. The molecule has 1 saturated heterocycles. The fraction of sp³-hybridized carbons (Fsp3) is 0.448. The molecule has 2 aliphatic rings. The number of rotatable bonds is 10. The van der Waals surface area contributed by atoms with Crippen LogP contribution in [0.2, 0.25) is 0 Å². The summed E-state index contributed by atoms with van der Waals surface area (Å²) < 4.78 is 0. The van der Waals surface area contributed by atoms with E-state index >= 15 is 0 Å². The summed E-state index contributed by atoms with van der Waals surface area (Å²) in [7, 11) is 0. The van der Waals surface area contributed by atoms with E-state index in [1.165, 1.54) is 4.90 Å². The first kappa shape index (κ1) is 26.4. The molecule has 1 saturated carbocycles. The van der Waals surface area contributed by atoms with Gasteiger partial charge >= 0.3 is 0 Å². The lowest BCUT2D eigenvalue weighted by Gasteiger charge is -2.32. The minimum absolute atomic E-state index is 0.0371. The third-order valence-electron chi connectivity index (χ3n) is 7.50. The second kappa shape index (κ2) is 12.5. The number of amides is 3. The highest BCUT2D eigenvalue weighted by Gasteiger charge is 2.37. The third-order valence-corrected chi connectivity index (χ3v) is 7.50. The largest absolute Gasteiger partial charge is 0.508 e. The van der Waals surface area contributed by atoms with Crippen LogP contribution in [-0.2, 0) is 20.8 Å². The monoisotopic (exact) mass is 505 g/mol. The average Bonchev–Trinajstić information content (AvgIpc) is 3.42. The summed E-state index contributed by atoms with van der Waals surface area (Å²) in [4.78, 5) is 53.2. The zero-order chi connectivity index (χ0) is 26.2. The maximum atomic E-state index is 13.7. The first-order valence-electron chi connectivity index (χ1n) is 13.1. The van der Waals surface area contributed by atoms with Crippen LogP contribution in [0, 0.1) is 5.92 Å². The summed E-state index contributed by atoms with van der Waals surface area (Å²) >= 11 is 0. The van der Waals surface area contributed by atoms with Gasteiger partial charge in [-0.3, -0.25) is 19.2 Å². The number of aromatic hydroxyl groups is 1. The number of likely N-dealkylation sites (tertiary alicyclic amines) is 1. The lowest BCUT2D eigenvalue weighted by molar-refractivity contribution is -0.135. The predicted octanol–water partition coefficient (Wildman–Crippen LogP) is 2.99. The Balaban J connectivity index is 1.56. The highest BCUT2D eigenvalue weighted by Crippen LogP contribution is 2.27. The number of nitrogens with zero attached hydrogens (tertiary/aromatic N) is 1. The molecule has 0 radical (unpaired) electrons. The van der Waals surface area contributed by atoms with E-state index in [0.29, 0.717) is 24.9 Å². The summed E-state index contributed by atoms with van der Waals surface area (Å²) in [5.74, 6) is -0.845. The lowest BCUT2D eigenvalue weighted by atomic mass is 9.83. The van der Waals surface area contributed by atoms with Crippen molar-refractivity contribution in [2.75, 3.05) is 6.54 Å². The standard InChI is InChI=1S/C29H35N3O5/c33-19-32-17-7-12-25(32)28(36)31-26(21-8-3-1-4-9-21)29(37)30-24(18-20-13-15-23(34)16-14-20)27(35)22-10-5-2-6-11-22/h2,5-6,10-11,13-16,19,21,24-26,34H,1,3-4,7-9,12,17-18H2,(H,30,37)(H,31,36). The second-order valence-corrected chi connectivity index (χ2v) is 10.0. The number of phenolic OH excluding ortho intramolecular Hbond substituents is 1. The summed E-state index contributed by atoms with van der Waals surface area (Å²) in [5, 5.41) is 15.5. The summed E-state index contributed by atoms with van der Waals surface area (Å²) in [6.45, 7) is 0.530. The number of hydrogen-bond donors (Lipinski definition) is 3. The molecule has 1 aliphatic carbocycles. The molecule has 1 aliphatic heterocycles. The van der Waals surface area contributed by atoms with Crippen molar-refractivity contribution in [3.63, 3.8) is 0 Å². The van der Waals surface area contributed by atoms with Crippen LogP contribution in [0.25, 0.3) is 0 Å². The van der Waals surface area contributed by atoms with E-state index < -0.39 is 18.1 Å². The third kappa shape index (κ3) is 6.76. The van der Waals surface area contributed by atoms with Gasteiger partial charge in [0.15, 0.2) is 5.78 Å². The number of hydrogen-bond acceptors (Lipinski definition) is 5. The molecule has 3 amide bonds. The summed E-state index contributed by atoms with van der Waals surface area (Å²) in [6.07, 6.45) is 6.94. The van der Waals surface area contributed by atoms with Crippen LogP contribution in [0.3, 0.4) is 0 Å². The SMILES string of the molecule is O=CN1CCCC1C(=O)NC(C(=O)NC(Cc1ccc(O)cc1)C(=O)c1ccccc1)C1CCCCC1. The number of phenols is 1. The zero-order valence-corrected chi connectivity index (χ0v) is 21.0.